The number of rotatable bonds is 5. The molecule has 0 aliphatic rings. The Morgan fingerprint density at radius 1 is 1.30 bits per heavy atom. The molecule has 3 rings (SSSR count). The third-order valence-electron chi connectivity index (χ3n) is 3.93. The summed E-state index contributed by atoms with van der Waals surface area (Å²) in [5, 5.41) is 11.1. The Morgan fingerprint density at radius 2 is 2.09 bits per heavy atom. The van der Waals surface area contributed by atoms with Crippen molar-refractivity contribution in [2.45, 2.75) is 19.9 Å². The fraction of sp³-hybridized carbons (Fsp3) is 0.438. The van der Waals surface area contributed by atoms with E-state index in [1.807, 2.05) is 24.9 Å². The highest BCUT2D eigenvalue weighted by Gasteiger charge is 2.17. The first-order valence-corrected chi connectivity index (χ1v) is 8.45. The number of nitrogens with zero attached hydrogens (tertiary/aromatic N) is 5. The van der Waals surface area contributed by atoms with E-state index >= 15 is 0 Å². The number of likely N-dealkylation sites (N-methyl/N-ethyl adjacent to an activating group) is 1. The topological polar surface area (TPSA) is 58.9 Å². The van der Waals surface area contributed by atoms with E-state index in [1.165, 1.54) is 11.1 Å². The van der Waals surface area contributed by atoms with Crippen LogP contribution in [0.25, 0.3) is 10.2 Å². The van der Waals surface area contributed by atoms with Crippen LogP contribution < -0.4 is 5.32 Å². The van der Waals surface area contributed by atoms with E-state index in [4.69, 9.17) is 0 Å². The van der Waals surface area contributed by atoms with Crippen LogP contribution in [0.2, 0.25) is 0 Å². The molecule has 0 bridgehead atoms. The molecule has 0 spiro atoms. The first-order chi connectivity index (χ1) is 11.0. The van der Waals surface area contributed by atoms with Gasteiger partial charge in [-0.05, 0) is 38.9 Å². The third kappa shape index (κ3) is 3.20. The van der Waals surface area contributed by atoms with Crippen LogP contribution in [0.1, 0.15) is 23.0 Å². The van der Waals surface area contributed by atoms with Gasteiger partial charge in [-0.3, -0.25) is 4.68 Å². The number of hydrogen-bond acceptors (Lipinski definition) is 6. The minimum atomic E-state index is 0.230. The molecule has 0 saturated carbocycles. The van der Waals surface area contributed by atoms with Gasteiger partial charge in [-0.2, -0.15) is 5.10 Å². The van der Waals surface area contributed by atoms with Crippen molar-refractivity contribution in [2.24, 2.45) is 7.05 Å². The number of fused-ring (bicyclic) bond motifs is 1. The summed E-state index contributed by atoms with van der Waals surface area (Å²) >= 11 is 1.67. The summed E-state index contributed by atoms with van der Waals surface area (Å²) in [5.74, 6) is 1.71. The predicted molar refractivity (Wildman–Crippen MR) is 95.0 cm³/mol. The van der Waals surface area contributed by atoms with Gasteiger partial charge in [0, 0.05) is 25.4 Å². The number of thiophene rings is 1. The average molecular weight is 330 g/mol. The maximum Gasteiger partial charge on any atom is 0.138 e. The van der Waals surface area contributed by atoms with E-state index in [0.717, 1.165) is 28.4 Å². The van der Waals surface area contributed by atoms with Crippen molar-refractivity contribution in [3.63, 3.8) is 0 Å². The van der Waals surface area contributed by atoms with Crippen molar-refractivity contribution >= 4 is 27.4 Å². The smallest absolute Gasteiger partial charge is 0.138 e. The van der Waals surface area contributed by atoms with Gasteiger partial charge in [0.1, 0.15) is 16.5 Å². The molecule has 1 N–H and O–H groups in total. The zero-order valence-electron chi connectivity index (χ0n) is 14.2. The molecule has 1 atom stereocenters. The zero-order chi connectivity index (χ0) is 16.6. The summed E-state index contributed by atoms with van der Waals surface area (Å²) in [4.78, 5) is 12.4. The lowest BCUT2D eigenvalue weighted by atomic mass is 10.1. The van der Waals surface area contributed by atoms with Crippen molar-refractivity contribution in [3.05, 3.63) is 34.7 Å². The lowest BCUT2D eigenvalue weighted by Gasteiger charge is -2.24. The highest BCUT2D eigenvalue weighted by molar-refractivity contribution is 7.17. The molecule has 3 aromatic heterocycles. The Kier molecular flexibility index (Phi) is 4.32. The monoisotopic (exact) mass is 330 g/mol. The molecule has 1 unspecified atom stereocenters. The number of aromatic nitrogens is 4. The Morgan fingerprint density at radius 3 is 2.74 bits per heavy atom. The van der Waals surface area contributed by atoms with E-state index in [0.29, 0.717) is 0 Å². The van der Waals surface area contributed by atoms with E-state index < -0.39 is 0 Å². The highest BCUT2D eigenvalue weighted by atomic mass is 32.1. The van der Waals surface area contributed by atoms with Gasteiger partial charge in [-0.15, -0.1) is 11.3 Å². The summed E-state index contributed by atoms with van der Waals surface area (Å²) in [5.41, 5.74) is 2.41. The second kappa shape index (κ2) is 6.25. The summed E-state index contributed by atoms with van der Waals surface area (Å²) in [6.45, 7) is 4.80. The van der Waals surface area contributed by atoms with Crippen LogP contribution in [0.4, 0.5) is 5.82 Å². The summed E-state index contributed by atoms with van der Waals surface area (Å²) < 4.78 is 1.84. The van der Waals surface area contributed by atoms with Crippen molar-refractivity contribution in [1.82, 2.24) is 24.6 Å². The minimum Gasteiger partial charge on any atom is -0.367 e. The minimum absolute atomic E-state index is 0.230. The molecule has 0 radical (unpaired) electrons. The van der Waals surface area contributed by atoms with Gasteiger partial charge in [0.2, 0.25) is 0 Å². The maximum absolute atomic E-state index is 4.61. The Labute approximate surface area is 140 Å². The van der Waals surface area contributed by atoms with Gasteiger partial charge in [0.05, 0.1) is 17.6 Å². The van der Waals surface area contributed by atoms with E-state index in [1.54, 1.807) is 11.3 Å². The Hall–Kier alpha value is -1.99. The third-order valence-corrected chi connectivity index (χ3v) is 4.92. The normalized spacial score (nSPS) is 13.0. The first-order valence-electron chi connectivity index (χ1n) is 7.57. The molecule has 6 nitrogen and oxygen atoms in total. The Bertz CT molecular complexity index is 819. The molecule has 7 heteroatoms. The standard InChI is InChI=1S/C16H22N6S/c1-10-9-23-16-14(10)15(19-11(2)20-16)17-7-13(21(3)4)12-6-18-22(5)8-12/h6,8-9,13H,7H2,1-5H3,(H,17,19,20). The lowest BCUT2D eigenvalue weighted by molar-refractivity contribution is 0.311. The van der Waals surface area contributed by atoms with Gasteiger partial charge < -0.3 is 10.2 Å². The second-order valence-corrected chi connectivity index (χ2v) is 6.88. The molecular weight excluding hydrogens is 308 g/mol. The highest BCUT2D eigenvalue weighted by Crippen LogP contribution is 2.30. The average Bonchev–Trinajstić information content (AvgIpc) is 3.05. The predicted octanol–water partition coefficient (Wildman–Crippen LogP) is 2.76. The molecule has 23 heavy (non-hydrogen) atoms. The van der Waals surface area contributed by atoms with Crippen LogP contribution >= 0.6 is 11.3 Å². The Balaban J connectivity index is 1.88. The molecule has 0 saturated heterocycles. The molecule has 0 aromatic carbocycles. The molecule has 3 heterocycles. The van der Waals surface area contributed by atoms with Gasteiger partial charge in [-0.25, -0.2) is 9.97 Å². The van der Waals surface area contributed by atoms with E-state index in [-0.39, 0.29) is 6.04 Å². The van der Waals surface area contributed by atoms with Crippen LogP contribution in [0.3, 0.4) is 0 Å². The number of aryl methyl sites for hydroxylation is 3. The molecule has 3 aromatic rings. The van der Waals surface area contributed by atoms with Gasteiger partial charge in [-0.1, -0.05) is 0 Å². The van der Waals surface area contributed by atoms with Gasteiger partial charge in [0.15, 0.2) is 0 Å². The van der Waals surface area contributed by atoms with E-state index in [9.17, 15) is 0 Å². The van der Waals surface area contributed by atoms with Crippen LogP contribution in [0.5, 0.6) is 0 Å². The van der Waals surface area contributed by atoms with E-state index in [2.05, 4.69) is 57.9 Å². The summed E-state index contributed by atoms with van der Waals surface area (Å²) in [6.07, 6.45) is 3.98. The van der Waals surface area contributed by atoms with Crippen molar-refractivity contribution < 1.29 is 0 Å². The van der Waals surface area contributed by atoms with Crippen LogP contribution in [-0.4, -0.2) is 45.3 Å². The van der Waals surface area contributed by atoms with Crippen molar-refractivity contribution in [3.8, 4) is 0 Å². The quantitative estimate of drug-likeness (QED) is 0.779. The largest absolute Gasteiger partial charge is 0.367 e. The summed E-state index contributed by atoms with van der Waals surface area (Å²) in [7, 11) is 6.10. The SMILES string of the molecule is Cc1nc(NCC(c2cnn(C)c2)N(C)C)c2c(C)csc2n1. The second-order valence-electron chi connectivity index (χ2n) is 6.03. The van der Waals surface area contributed by atoms with Gasteiger partial charge in [0.25, 0.3) is 0 Å². The summed E-state index contributed by atoms with van der Waals surface area (Å²) in [6, 6.07) is 0.230. The molecule has 0 aliphatic carbocycles. The number of nitrogens with one attached hydrogen (secondary N) is 1. The lowest BCUT2D eigenvalue weighted by Crippen LogP contribution is -2.27. The zero-order valence-corrected chi connectivity index (χ0v) is 15.0. The number of hydrogen-bond donors (Lipinski definition) is 1. The first kappa shape index (κ1) is 15.9. The molecular formula is C16H22N6S. The fourth-order valence-corrected chi connectivity index (χ4v) is 3.69. The molecule has 0 amide bonds. The van der Waals surface area contributed by atoms with Crippen LogP contribution in [0.15, 0.2) is 17.8 Å². The van der Waals surface area contributed by atoms with Crippen LogP contribution in [-0.2, 0) is 7.05 Å². The van der Waals surface area contributed by atoms with Crippen LogP contribution in [0, 0.1) is 13.8 Å². The van der Waals surface area contributed by atoms with Crippen molar-refractivity contribution in [2.75, 3.05) is 26.0 Å². The number of anilines is 1. The molecule has 122 valence electrons. The van der Waals surface area contributed by atoms with Crippen molar-refractivity contribution in [1.29, 1.82) is 0 Å². The molecule has 0 fully saturated rings. The maximum atomic E-state index is 4.61. The van der Waals surface area contributed by atoms with Gasteiger partial charge >= 0.3 is 0 Å². The fourth-order valence-electron chi connectivity index (χ4n) is 2.72. The molecule has 0 aliphatic heterocycles.